The van der Waals surface area contributed by atoms with E-state index in [1.165, 1.54) is 12.1 Å². The van der Waals surface area contributed by atoms with Crippen molar-refractivity contribution in [2.75, 3.05) is 10.5 Å². The van der Waals surface area contributed by atoms with E-state index in [0.717, 1.165) is 0 Å². The van der Waals surface area contributed by atoms with Gasteiger partial charge in [0.25, 0.3) is 10.0 Å². The standard InChI is InChI=1S/C12H15ClN4O2S/c1-7-12(8(2)17(3)15-7)16-20(18,19)11-6-9(14)4-5-10(11)13/h4-6,16H,14H2,1-3H3. The highest BCUT2D eigenvalue weighted by Gasteiger charge is 2.21. The van der Waals surface area contributed by atoms with Crippen LogP contribution in [0.25, 0.3) is 0 Å². The molecule has 8 heteroatoms. The highest BCUT2D eigenvalue weighted by Crippen LogP contribution is 2.28. The Morgan fingerprint density at radius 2 is 2.00 bits per heavy atom. The minimum Gasteiger partial charge on any atom is -0.399 e. The van der Waals surface area contributed by atoms with Gasteiger partial charge in [-0.1, -0.05) is 11.6 Å². The van der Waals surface area contributed by atoms with Gasteiger partial charge in [0.2, 0.25) is 0 Å². The molecule has 0 aliphatic heterocycles. The fraction of sp³-hybridized carbons (Fsp3) is 0.250. The lowest BCUT2D eigenvalue weighted by Crippen LogP contribution is -2.15. The first-order valence-electron chi connectivity index (χ1n) is 5.80. The normalized spacial score (nSPS) is 11.6. The largest absolute Gasteiger partial charge is 0.399 e. The smallest absolute Gasteiger partial charge is 0.263 e. The maximum atomic E-state index is 12.4. The zero-order chi connectivity index (χ0) is 15.1. The van der Waals surface area contributed by atoms with Gasteiger partial charge in [-0.15, -0.1) is 0 Å². The third-order valence-corrected chi connectivity index (χ3v) is 4.82. The Morgan fingerprint density at radius 1 is 1.35 bits per heavy atom. The van der Waals surface area contributed by atoms with Crippen molar-refractivity contribution in [3.63, 3.8) is 0 Å². The van der Waals surface area contributed by atoms with Gasteiger partial charge >= 0.3 is 0 Å². The molecule has 108 valence electrons. The molecule has 0 aliphatic carbocycles. The maximum Gasteiger partial charge on any atom is 0.263 e. The van der Waals surface area contributed by atoms with E-state index in [2.05, 4.69) is 9.82 Å². The number of nitrogens with zero attached hydrogens (tertiary/aromatic N) is 2. The molecule has 1 aromatic carbocycles. The highest BCUT2D eigenvalue weighted by atomic mass is 35.5. The summed E-state index contributed by atoms with van der Waals surface area (Å²) in [7, 11) is -2.07. The average molecular weight is 315 g/mol. The number of hydrogen-bond donors (Lipinski definition) is 2. The van der Waals surface area contributed by atoms with Gasteiger partial charge in [-0.2, -0.15) is 5.10 Å². The Kier molecular flexibility index (Phi) is 3.66. The van der Waals surface area contributed by atoms with Crippen molar-refractivity contribution in [3.8, 4) is 0 Å². The van der Waals surface area contributed by atoms with Crippen LogP contribution in [0.2, 0.25) is 5.02 Å². The van der Waals surface area contributed by atoms with Crippen molar-refractivity contribution in [1.29, 1.82) is 0 Å². The number of benzene rings is 1. The number of nitrogens with one attached hydrogen (secondary N) is 1. The summed E-state index contributed by atoms with van der Waals surface area (Å²) >= 11 is 5.94. The molecule has 0 saturated heterocycles. The van der Waals surface area contributed by atoms with Crippen LogP contribution in [-0.4, -0.2) is 18.2 Å². The van der Waals surface area contributed by atoms with E-state index in [4.69, 9.17) is 17.3 Å². The van der Waals surface area contributed by atoms with Gasteiger partial charge in [0.05, 0.1) is 22.1 Å². The van der Waals surface area contributed by atoms with Crippen LogP contribution in [0.4, 0.5) is 11.4 Å². The van der Waals surface area contributed by atoms with Crippen LogP contribution in [0.15, 0.2) is 23.1 Å². The molecular formula is C12H15ClN4O2S. The summed E-state index contributed by atoms with van der Waals surface area (Å²) in [5.41, 5.74) is 7.70. The Hall–Kier alpha value is -1.73. The van der Waals surface area contributed by atoms with Gasteiger partial charge in [0.15, 0.2) is 0 Å². The topological polar surface area (TPSA) is 90.0 Å². The zero-order valence-electron chi connectivity index (χ0n) is 11.3. The second-order valence-corrected chi connectivity index (χ2v) is 6.52. The minimum atomic E-state index is -3.81. The van der Waals surface area contributed by atoms with E-state index in [0.29, 0.717) is 22.8 Å². The average Bonchev–Trinajstić information content (AvgIpc) is 2.59. The quantitative estimate of drug-likeness (QED) is 0.849. The maximum absolute atomic E-state index is 12.4. The third kappa shape index (κ3) is 2.59. The zero-order valence-corrected chi connectivity index (χ0v) is 12.9. The van der Waals surface area contributed by atoms with Crippen molar-refractivity contribution in [2.24, 2.45) is 7.05 Å². The van der Waals surface area contributed by atoms with E-state index >= 15 is 0 Å². The molecule has 3 N–H and O–H groups in total. The van der Waals surface area contributed by atoms with Crippen molar-refractivity contribution < 1.29 is 8.42 Å². The van der Waals surface area contributed by atoms with Gasteiger partial charge in [-0.05, 0) is 32.0 Å². The first-order chi connectivity index (χ1) is 9.22. The number of hydrogen-bond acceptors (Lipinski definition) is 4. The Labute approximate surface area is 122 Å². The van der Waals surface area contributed by atoms with Crippen LogP contribution in [0.1, 0.15) is 11.4 Å². The second kappa shape index (κ2) is 4.99. The fourth-order valence-corrected chi connectivity index (χ4v) is 3.55. The first-order valence-corrected chi connectivity index (χ1v) is 7.66. The molecule has 1 heterocycles. The lowest BCUT2D eigenvalue weighted by molar-refractivity contribution is 0.601. The predicted octanol–water partition coefficient (Wildman–Crippen LogP) is 2.07. The molecule has 20 heavy (non-hydrogen) atoms. The van der Waals surface area contributed by atoms with Gasteiger partial charge < -0.3 is 5.73 Å². The molecule has 0 fully saturated rings. The van der Waals surface area contributed by atoms with Crippen LogP contribution in [0, 0.1) is 13.8 Å². The molecule has 2 aromatic rings. The van der Waals surface area contributed by atoms with Crippen LogP contribution in [0.3, 0.4) is 0 Å². The van der Waals surface area contributed by atoms with Crippen molar-refractivity contribution in [1.82, 2.24) is 9.78 Å². The summed E-state index contributed by atoms with van der Waals surface area (Å²) in [5.74, 6) is 0. The summed E-state index contributed by atoms with van der Waals surface area (Å²) in [6, 6.07) is 4.32. The number of anilines is 2. The number of sulfonamides is 1. The number of nitrogen functional groups attached to an aromatic ring is 1. The summed E-state index contributed by atoms with van der Waals surface area (Å²) in [4.78, 5) is -0.0539. The molecule has 0 radical (unpaired) electrons. The van der Waals surface area contributed by atoms with E-state index < -0.39 is 10.0 Å². The van der Waals surface area contributed by atoms with E-state index in [1.54, 1.807) is 31.6 Å². The van der Waals surface area contributed by atoms with Crippen molar-refractivity contribution >= 4 is 33.0 Å². The van der Waals surface area contributed by atoms with Crippen LogP contribution >= 0.6 is 11.6 Å². The highest BCUT2D eigenvalue weighted by molar-refractivity contribution is 7.92. The van der Waals surface area contributed by atoms with Crippen molar-refractivity contribution in [2.45, 2.75) is 18.7 Å². The van der Waals surface area contributed by atoms with Crippen LogP contribution < -0.4 is 10.5 Å². The van der Waals surface area contributed by atoms with E-state index in [1.807, 2.05) is 0 Å². The number of aromatic nitrogens is 2. The molecule has 2 rings (SSSR count). The van der Waals surface area contributed by atoms with E-state index in [9.17, 15) is 8.42 Å². The van der Waals surface area contributed by atoms with Crippen molar-refractivity contribution in [3.05, 3.63) is 34.6 Å². The first kappa shape index (κ1) is 14.7. The molecule has 0 saturated carbocycles. The molecule has 0 amide bonds. The summed E-state index contributed by atoms with van der Waals surface area (Å²) in [5, 5.41) is 4.28. The SMILES string of the molecule is Cc1nn(C)c(C)c1NS(=O)(=O)c1cc(N)ccc1Cl. The van der Waals surface area contributed by atoms with E-state index in [-0.39, 0.29) is 9.92 Å². The lowest BCUT2D eigenvalue weighted by Gasteiger charge is -2.10. The summed E-state index contributed by atoms with van der Waals surface area (Å²) < 4.78 is 28.9. The number of halogens is 1. The molecule has 0 atom stereocenters. The predicted molar refractivity (Wildman–Crippen MR) is 79.4 cm³/mol. The number of rotatable bonds is 3. The Bertz CT molecular complexity index is 768. The van der Waals surface area contributed by atoms with Gasteiger partial charge in [0.1, 0.15) is 4.90 Å². The third-order valence-electron chi connectivity index (χ3n) is 2.99. The van der Waals surface area contributed by atoms with Gasteiger partial charge in [-0.25, -0.2) is 8.42 Å². The van der Waals surface area contributed by atoms with Gasteiger partial charge in [-0.3, -0.25) is 9.40 Å². The number of nitrogens with two attached hydrogens (primary N) is 1. The molecular weight excluding hydrogens is 300 g/mol. The van der Waals surface area contributed by atoms with Crippen LogP contribution in [0.5, 0.6) is 0 Å². The molecule has 0 aliphatic rings. The summed E-state index contributed by atoms with van der Waals surface area (Å²) in [6.45, 7) is 3.50. The van der Waals surface area contributed by atoms with Crippen LogP contribution in [-0.2, 0) is 17.1 Å². The minimum absolute atomic E-state index is 0.0539. The lowest BCUT2D eigenvalue weighted by atomic mass is 10.3. The number of aryl methyl sites for hydroxylation is 2. The molecule has 6 nitrogen and oxygen atoms in total. The second-order valence-electron chi connectivity index (χ2n) is 4.46. The molecule has 0 unspecified atom stereocenters. The molecule has 0 bridgehead atoms. The Balaban J connectivity index is 2.49. The Morgan fingerprint density at radius 3 is 2.55 bits per heavy atom. The monoisotopic (exact) mass is 314 g/mol. The molecule has 1 aromatic heterocycles. The summed E-state index contributed by atoms with van der Waals surface area (Å²) in [6.07, 6.45) is 0. The van der Waals surface area contributed by atoms with Gasteiger partial charge in [0, 0.05) is 12.7 Å². The molecule has 0 spiro atoms. The fourth-order valence-electron chi connectivity index (χ4n) is 1.84.